The molecule has 2 atom stereocenters. The molecule has 1 aliphatic heterocycles. The summed E-state index contributed by atoms with van der Waals surface area (Å²) >= 11 is 0. The minimum absolute atomic E-state index is 0.118. The SMILES string of the molecule is CC1CCC(CC(=O)O)(NC(=O)OCc2ccccc2)CN1. The van der Waals surface area contributed by atoms with E-state index in [9.17, 15) is 9.59 Å². The summed E-state index contributed by atoms with van der Waals surface area (Å²) < 4.78 is 5.19. The topological polar surface area (TPSA) is 87.7 Å². The van der Waals surface area contributed by atoms with Crippen LogP contribution in [0.4, 0.5) is 4.79 Å². The smallest absolute Gasteiger partial charge is 0.407 e. The number of carbonyl (C=O) groups is 2. The van der Waals surface area contributed by atoms with E-state index in [1.165, 1.54) is 0 Å². The molecule has 1 saturated heterocycles. The number of amides is 1. The lowest BCUT2D eigenvalue weighted by atomic mass is 9.84. The van der Waals surface area contributed by atoms with Gasteiger partial charge in [0.25, 0.3) is 0 Å². The van der Waals surface area contributed by atoms with E-state index in [1.54, 1.807) is 0 Å². The Kier molecular flexibility index (Phi) is 5.38. The van der Waals surface area contributed by atoms with E-state index in [2.05, 4.69) is 10.6 Å². The van der Waals surface area contributed by atoms with E-state index in [1.807, 2.05) is 37.3 Å². The van der Waals surface area contributed by atoms with E-state index >= 15 is 0 Å². The Hall–Kier alpha value is -2.08. The molecule has 0 radical (unpaired) electrons. The van der Waals surface area contributed by atoms with Gasteiger partial charge in [-0.05, 0) is 25.3 Å². The Morgan fingerprint density at radius 3 is 2.73 bits per heavy atom. The Bertz CT molecular complexity index is 510. The van der Waals surface area contributed by atoms with Gasteiger partial charge in [-0.1, -0.05) is 30.3 Å². The summed E-state index contributed by atoms with van der Waals surface area (Å²) in [6.45, 7) is 2.64. The number of benzene rings is 1. The van der Waals surface area contributed by atoms with Gasteiger partial charge in [0.1, 0.15) is 6.61 Å². The summed E-state index contributed by atoms with van der Waals surface area (Å²) in [5.41, 5.74) is 0.104. The fourth-order valence-electron chi connectivity index (χ4n) is 2.62. The lowest BCUT2D eigenvalue weighted by molar-refractivity contribution is -0.138. The first-order valence-electron chi connectivity index (χ1n) is 7.43. The van der Waals surface area contributed by atoms with Crippen molar-refractivity contribution >= 4 is 12.1 Å². The van der Waals surface area contributed by atoms with Crippen molar-refractivity contribution in [1.82, 2.24) is 10.6 Å². The van der Waals surface area contributed by atoms with Crippen molar-refractivity contribution in [2.45, 2.75) is 44.4 Å². The number of piperidine rings is 1. The van der Waals surface area contributed by atoms with E-state index in [0.717, 1.165) is 12.0 Å². The van der Waals surface area contributed by atoms with Gasteiger partial charge in [-0.15, -0.1) is 0 Å². The van der Waals surface area contributed by atoms with Crippen molar-refractivity contribution in [2.24, 2.45) is 0 Å². The number of nitrogens with one attached hydrogen (secondary N) is 2. The van der Waals surface area contributed by atoms with Crippen molar-refractivity contribution in [2.75, 3.05) is 6.54 Å². The molecule has 1 aliphatic rings. The molecule has 1 fully saturated rings. The van der Waals surface area contributed by atoms with Crippen LogP contribution in [0.1, 0.15) is 31.7 Å². The highest BCUT2D eigenvalue weighted by atomic mass is 16.5. The third kappa shape index (κ3) is 4.73. The molecule has 6 heteroatoms. The highest BCUT2D eigenvalue weighted by molar-refractivity contribution is 5.73. The van der Waals surface area contributed by atoms with Crippen molar-refractivity contribution < 1.29 is 19.4 Å². The second kappa shape index (κ2) is 7.26. The van der Waals surface area contributed by atoms with Crippen LogP contribution in [0.5, 0.6) is 0 Å². The van der Waals surface area contributed by atoms with Gasteiger partial charge in [0, 0.05) is 12.6 Å². The largest absolute Gasteiger partial charge is 0.481 e. The average Bonchev–Trinajstić information content (AvgIpc) is 2.49. The zero-order valence-electron chi connectivity index (χ0n) is 12.7. The maximum Gasteiger partial charge on any atom is 0.407 e. The number of carboxylic acids is 1. The molecule has 0 bridgehead atoms. The Morgan fingerprint density at radius 2 is 2.14 bits per heavy atom. The van der Waals surface area contributed by atoms with Crippen LogP contribution >= 0.6 is 0 Å². The minimum atomic E-state index is -0.931. The summed E-state index contributed by atoms with van der Waals surface area (Å²) in [6.07, 6.45) is 0.731. The van der Waals surface area contributed by atoms with Crippen LogP contribution in [-0.4, -0.2) is 35.3 Å². The molecule has 22 heavy (non-hydrogen) atoms. The molecule has 1 aromatic rings. The Balaban J connectivity index is 1.92. The predicted molar refractivity (Wildman–Crippen MR) is 81.4 cm³/mol. The van der Waals surface area contributed by atoms with Gasteiger partial charge < -0.3 is 20.5 Å². The third-order valence-electron chi connectivity index (χ3n) is 3.91. The summed E-state index contributed by atoms with van der Waals surface area (Å²) in [4.78, 5) is 23.1. The Labute approximate surface area is 129 Å². The maximum absolute atomic E-state index is 12.0. The van der Waals surface area contributed by atoms with Crippen molar-refractivity contribution in [3.8, 4) is 0 Å². The van der Waals surface area contributed by atoms with E-state index in [-0.39, 0.29) is 13.0 Å². The summed E-state index contributed by atoms with van der Waals surface area (Å²) in [7, 11) is 0. The minimum Gasteiger partial charge on any atom is -0.481 e. The van der Waals surface area contributed by atoms with Gasteiger partial charge in [-0.25, -0.2) is 4.79 Å². The number of rotatable bonds is 5. The fraction of sp³-hybridized carbons (Fsp3) is 0.500. The highest BCUT2D eigenvalue weighted by Crippen LogP contribution is 2.23. The molecule has 1 aromatic carbocycles. The molecular formula is C16H22N2O4. The van der Waals surface area contributed by atoms with Crippen LogP contribution in [0, 0.1) is 0 Å². The number of alkyl carbamates (subject to hydrolysis) is 1. The first-order valence-corrected chi connectivity index (χ1v) is 7.43. The zero-order chi connectivity index (χ0) is 16.0. The number of ether oxygens (including phenoxy) is 1. The molecular weight excluding hydrogens is 284 g/mol. The van der Waals surface area contributed by atoms with Crippen LogP contribution in [0.3, 0.4) is 0 Å². The number of aliphatic carboxylic acids is 1. The van der Waals surface area contributed by atoms with Crippen molar-refractivity contribution in [3.63, 3.8) is 0 Å². The number of carboxylic acid groups (broad SMARTS) is 1. The first kappa shape index (κ1) is 16.3. The number of carbonyl (C=O) groups excluding carboxylic acids is 1. The van der Waals surface area contributed by atoms with Crippen molar-refractivity contribution in [1.29, 1.82) is 0 Å². The summed E-state index contributed by atoms with van der Waals surface area (Å²) in [5, 5.41) is 15.1. The van der Waals surface area contributed by atoms with Gasteiger partial charge in [-0.2, -0.15) is 0 Å². The fourth-order valence-corrected chi connectivity index (χ4v) is 2.62. The molecule has 0 saturated carbocycles. The molecule has 2 unspecified atom stereocenters. The molecule has 2 rings (SSSR count). The van der Waals surface area contributed by atoms with Gasteiger partial charge in [0.2, 0.25) is 0 Å². The Morgan fingerprint density at radius 1 is 1.41 bits per heavy atom. The van der Waals surface area contributed by atoms with Crippen LogP contribution in [0.15, 0.2) is 30.3 Å². The van der Waals surface area contributed by atoms with E-state index in [4.69, 9.17) is 9.84 Å². The van der Waals surface area contributed by atoms with Gasteiger partial charge in [-0.3, -0.25) is 4.79 Å². The van der Waals surface area contributed by atoms with Crippen LogP contribution in [0.25, 0.3) is 0 Å². The zero-order valence-corrected chi connectivity index (χ0v) is 12.7. The maximum atomic E-state index is 12.0. The molecule has 6 nitrogen and oxygen atoms in total. The van der Waals surface area contributed by atoms with Crippen LogP contribution < -0.4 is 10.6 Å². The molecule has 1 amide bonds. The number of hydrogen-bond acceptors (Lipinski definition) is 4. The summed E-state index contributed by atoms with van der Waals surface area (Å²) in [5.74, 6) is -0.931. The van der Waals surface area contributed by atoms with Gasteiger partial charge in [0.15, 0.2) is 0 Å². The van der Waals surface area contributed by atoms with Crippen LogP contribution in [-0.2, 0) is 16.1 Å². The monoisotopic (exact) mass is 306 g/mol. The first-order chi connectivity index (χ1) is 10.5. The molecule has 0 spiro atoms. The van der Waals surface area contributed by atoms with Crippen LogP contribution in [0.2, 0.25) is 0 Å². The summed E-state index contributed by atoms with van der Waals surface area (Å²) in [6, 6.07) is 9.68. The quantitative estimate of drug-likeness (QED) is 0.773. The second-order valence-corrected chi connectivity index (χ2v) is 5.86. The van der Waals surface area contributed by atoms with E-state index in [0.29, 0.717) is 19.0 Å². The van der Waals surface area contributed by atoms with Gasteiger partial charge in [0.05, 0.1) is 12.0 Å². The molecule has 0 aliphatic carbocycles. The van der Waals surface area contributed by atoms with Gasteiger partial charge >= 0.3 is 12.1 Å². The molecule has 0 aromatic heterocycles. The molecule has 1 heterocycles. The number of hydrogen-bond donors (Lipinski definition) is 3. The second-order valence-electron chi connectivity index (χ2n) is 5.86. The normalized spacial score (nSPS) is 24.5. The highest BCUT2D eigenvalue weighted by Gasteiger charge is 2.38. The van der Waals surface area contributed by atoms with Crippen molar-refractivity contribution in [3.05, 3.63) is 35.9 Å². The molecule has 120 valence electrons. The molecule has 3 N–H and O–H groups in total. The lowest BCUT2D eigenvalue weighted by Crippen LogP contribution is -2.60. The lowest BCUT2D eigenvalue weighted by Gasteiger charge is -2.39. The standard InChI is InChI=1S/C16H22N2O4/c1-12-7-8-16(11-17-12,9-14(19)20)18-15(21)22-10-13-5-3-2-4-6-13/h2-6,12,17H,7-11H2,1H3,(H,18,21)(H,19,20). The third-order valence-corrected chi connectivity index (χ3v) is 3.91. The average molecular weight is 306 g/mol. The predicted octanol–water partition coefficient (Wildman–Crippen LogP) is 1.90. The van der Waals surface area contributed by atoms with E-state index < -0.39 is 17.6 Å².